The Hall–Kier alpha value is -1.67. The first-order valence-electron chi connectivity index (χ1n) is 5.57. The molecule has 0 saturated heterocycles. The van der Waals surface area contributed by atoms with Crippen LogP contribution in [0.2, 0.25) is 0 Å². The van der Waals surface area contributed by atoms with Crippen molar-refractivity contribution in [1.29, 1.82) is 0 Å². The lowest BCUT2D eigenvalue weighted by Gasteiger charge is -1.90. The van der Waals surface area contributed by atoms with Gasteiger partial charge in [-0.15, -0.1) is 11.3 Å². The van der Waals surface area contributed by atoms with Crippen molar-refractivity contribution in [1.82, 2.24) is 4.98 Å². The number of hydrogen-bond acceptors (Lipinski definition) is 2. The standard InChI is InChI=1S/C8H10.C7H5NS/c1-7-3-5-8(2)6-4-7;1-2-4-7-6(3-1)8-5-9-7/h3-6H,1-2H3;1-5H. The summed E-state index contributed by atoms with van der Waals surface area (Å²) < 4.78 is 1.26. The van der Waals surface area contributed by atoms with Crippen LogP contribution in [0.3, 0.4) is 0 Å². The molecule has 2 aromatic carbocycles. The molecule has 3 rings (SSSR count). The molecular formula is C15H15NS. The van der Waals surface area contributed by atoms with Crippen LogP contribution in [0.4, 0.5) is 0 Å². The van der Waals surface area contributed by atoms with E-state index >= 15 is 0 Å². The zero-order valence-corrected chi connectivity index (χ0v) is 10.9. The third-order valence-corrected chi connectivity index (χ3v) is 3.26. The van der Waals surface area contributed by atoms with Crippen molar-refractivity contribution >= 4 is 21.6 Å². The average Bonchev–Trinajstić information content (AvgIpc) is 2.82. The average molecular weight is 241 g/mol. The van der Waals surface area contributed by atoms with E-state index in [-0.39, 0.29) is 0 Å². The second-order valence-corrected chi connectivity index (χ2v) is 4.86. The number of nitrogens with zero attached hydrogens (tertiary/aromatic N) is 1. The largest absolute Gasteiger partial charge is 0.245 e. The van der Waals surface area contributed by atoms with Gasteiger partial charge in [0.15, 0.2) is 0 Å². The van der Waals surface area contributed by atoms with E-state index in [9.17, 15) is 0 Å². The number of fused-ring (bicyclic) bond motifs is 1. The monoisotopic (exact) mass is 241 g/mol. The lowest BCUT2D eigenvalue weighted by atomic mass is 10.2. The number of aryl methyl sites for hydroxylation is 2. The Morgan fingerprint density at radius 2 is 1.41 bits per heavy atom. The van der Waals surface area contributed by atoms with Crippen LogP contribution >= 0.6 is 11.3 Å². The number of para-hydroxylation sites is 1. The molecule has 0 unspecified atom stereocenters. The Balaban J connectivity index is 0.000000128. The van der Waals surface area contributed by atoms with E-state index in [4.69, 9.17) is 0 Å². The maximum Gasteiger partial charge on any atom is 0.0812 e. The molecular weight excluding hydrogens is 226 g/mol. The van der Waals surface area contributed by atoms with Gasteiger partial charge in [0.2, 0.25) is 0 Å². The highest BCUT2D eigenvalue weighted by molar-refractivity contribution is 7.16. The molecule has 1 heterocycles. The molecule has 3 aromatic rings. The second-order valence-electron chi connectivity index (χ2n) is 3.97. The Morgan fingerprint density at radius 1 is 0.824 bits per heavy atom. The minimum Gasteiger partial charge on any atom is -0.245 e. The van der Waals surface area contributed by atoms with Gasteiger partial charge in [-0.3, -0.25) is 0 Å². The van der Waals surface area contributed by atoms with E-state index in [2.05, 4.69) is 49.2 Å². The molecule has 0 bridgehead atoms. The number of benzene rings is 2. The predicted octanol–water partition coefficient (Wildman–Crippen LogP) is 4.60. The molecule has 1 nitrogen and oxygen atoms in total. The highest BCUT2D eigenvalue weighted by atomic mass is 32.1. The quantitative estimate of drug-likeness (QED) is 0.560. The summed E-state index contributed by atoms with van der Waals surface area (Å²) in [5.41, 5.74) is 5.62. The summed E-state index contributed by atoms with van der Waals surface area (Å²) in [7, 11) is 0. The van der Waals surface area contributed by atoms with Crippen LogP contribution in [-0.2, 0) is 0 Å². The first-order chi connectivity index (χ1) is 8.25. The molecule has 2 heteroatoms. The van der Waals surface area contributed by atoms with Crippen molar-refractivity contribution in [3.8, 4) is 0 Å². The molecule has 0 N–H and O–H groups in total. The maximum atomic E-state index is 4.14. The fourth-order valence-corrected chi connectivity index (χ4v) is 2.12. The molecule has 1 aromatic heterocycles. The Kier molecular flexibility index (Phi) is 3.89. The van der Waals surface area contributed by atoms with Crippen LogP contribution in [0.15, 0.2) is 54.0 Å². The van der Waals surface area contributed by atoms with E-state index in [1.54, 1.807) is 11.3 Å². The smallest absolute Gasteiger partial charge is 0.0812 e. The van der Waals surface area contributed by atoms with Gasteiger partial charge >= 0.3 is 0 Å². The number of thiazole rings is 1. The van der Waals surface area contributed by atoms with Gasteiger partial charge < -0.3 is 0 Å². The van der Waals surface area contributed by atoms with Crippen molar-refractivity contribution in [3.63, 3.8) is 0 Å². The summed E-state index contributed by atoms with van der Waals surface area (Å²) in [5, 5.41) is 0. The minimum absolute atomic E-state index is 1.10. The molecule has 0 fully saturated rings. The first-order valence-corrected chi connectivity index (χ1v) is 6.45. The van der Waals surface area contributed by atoms with Crippen LogP contribution in [0.5, 0.6) is 0 Å². The summed E-state index contributed by atoms with van der Waals surface area (Å²) in [6, 6.07) is 16.6. The zero-order chi connectivity index (χ0) is 12.1. The first kappa shape index (κ1) is 11.8. The lowest BCUT2D eigenvalue weighted by molar-refractivity contribution is 1.40. The van der Waals surface area contributed by atoms with E-state index in [0.29, 0.717) is 0 Å². The summed E-state index contributed by atoms with van der Waals surface area (Å²) in [6.45, 7) is 4.19. The van der Waals surface area contributed by atoms with Gasteiger partial charge in [-0.25, -0.2) is 4.98 Å². The summed E-state index contributed by atoms with van der Waals surface area (Å²) in [6.07, 6.45) is 0. The normalized spacial score (nSPS) is 9.76. The zero-order valence-electron chi connectivity index (χ0n) is 10.1. The van der Waals surface area contributed by atoms with Gasteiger partial charge in [0.05, 0.1) is 15.7 Å². The van der Waals surface area contributed by atoms with Crippen LogP contribution in [0.25, 0.3) is 10.2 Å². The molecule has 0 radical (unpaired) electrons. The van der Waals surface area contributed by atoms with E-state index in [1.165, 1.54) is 15.8 Å². The second kappa shape index (κ2) is 5.60. The third kappa shape index (κ3) is 3.40. The summed E-state index contributed by atoms with van der Waals surface area (Å²) >= 11 is 1.68. The van der Waals surface area contributed by atoms with Gasteiger partial charge in [-0.1, -0.05) is 47.5 Å². The topological polar surface area (TPSA) is 12.9 Å². The number of hydrogen-bond donors (Lipinski definition) is 0. The van der Waals surface area contributed by atoms with Crippen LogP contribution in [0, 0.1) is 13.8 Å². The van der Waals surface area contributed by atoms with Crippen molar-refractivity contribution < 1.29 is 0 Å². The van der Waals surface area contributed by atoms with Gasteiger partial charge in [0, 0.05) is 0 Å². The van der Waals surface area contributed by atoms with Crippen molar-refractivity contribution in [3.05, 3.63) is 65.2 Å². The Labute approximate surface area is 106 Å². The van der Waals surface area contributed by atoms with Gasteiger partial charge in [0.25, 0.3) is 0 Å². The van der Waals surface area contributed by atoms with Gasteiger partial charge in [-0.2, -0.15) is 0 Å². The van der Waals surface area contributed by atoms with Crippen LogP contribution < -0.4 is 0 Å². The Bertz CT molecular complexity index is 530. The molecule has 0 amide bonds. The van der Waals surface area contributed by atoms with Crippen LogP contribution in [-0.4, -0.2) is 4.98 Å². The van der Waals surface area contributed by atoms with Crippen molar-refractivity contribution in [2.24, 2.45) is 0 Å². The molecule has 0 aliphatic carbocycles. The number of aromatic nitrogens is 1. The van der Waals surface area contributed by atoms with Crippen LogP contribution in [0.1, 0.15) is 11.1 Å². The predicted molar refractivity (Wildman–Crippen MR) is 75.5 cm³/mol. The third-order valence-electron chi connectivity index (χ3n) is 2.45. The SMILES string of the molecule is Cc1ccc(C)cc1.c1ccc2scnc2c1. The maximum absolute atomic E-state index is 4.14. The molecule has 0 aliphatic heterocycles. The minimum atomic E-state index is 1.10. The molecule has 86 valence electrons. The highest BCUT2D eigenvalue weighted by Crippen LogP contribution is 2.15. The van der Waals surface area contributed by atoms with E-state index in [0.717, 1.165) is 5.52 Å². The van der Waals surface area contributed by atoms with Gasteiger partial charge in [0.1, 0.15) is 0 Å². The van der Waals surface area contributed by atoms with E-state index in [1.807, 2.05) is 23.7 Å². The molecule has 0 aliphatic rings. The van der Waals surface area contributed by atoms with Crippen molar-refractivity contribution in [2.75, 3.05) is 0 Å². The Morgan fingerprint density at radius 3 is 2.00 bits per heavy atom. The fraction of sp³-hybridized carbons (Fsp3) is 0.133. The molecule has 0 spiro atoms. The summed E-state index contributed by atoms with van der Waals surface area (Å²) in [5.74, 6) is 0. The summed E-state index contributed by atoms with van der Waals surface area (Å²) in [4.78, 5) is 4.14. The van der Waals surface area contributed by atoms with Gasteiger partial charge in [-0.05, 0) is 26.0 Å². The number of rotatable bonds is 0. The highest BCUT2D eigenvalue weighted by Gasteiger charge is 1.89. The van der Waals surface area contributed by atoms with E-state index < -0.39 is 0 Å². The molecule has 0 atom stereocenters. The lowest BCUT2D eigenvalue weighted by Crippen LogP contribution is -1.70. The molecule has 0 saturated carbocycles. The van der Waals surface area contributed by atoms with Crippen molar-refractivity contribution in [2.45, 2.75) is 13.8 Å². The molecule has 17 heavy (non-hydrogen) atoms. The fourth-order valence-electron chi connectivity index (χ4n) is 1.44.